The fourth-order valence-electron chi connectivity index (χ4n) is 4.08. The molecule has 0 radical (unpaired) electrons. The van der Waals surface area contributed by atoms with Crippen molar-refractivity contribution < 1.29 is 4.74 Å². The van der Waals surface area contributed by atoms with Crippen LogP contribution in [0.4, 0.5) is 0 Å². The molecule has 2 heterocycles. The minimum Gasteiger partial charge on any atom is -0.376 e. The largest absolute Gasteiger partial charge is 0.376 e. The molecule has 0 aliphatic carbocycles. The monoisotopic (exact) mass is 431 g/mol. The van der Waals surface area contributed by atoms with Gasteiger partial charge in [-0.15, -0.1) is 0 Å². The van der Waals surface area contributed by atoms with Crippen molar-refractivity contribution in [2.45, 2.75) is 33.0 Å². The first-order valence-electron chi connectivity index (χ1n) is 11.5. The molecule has 4 rings (SSSR count). The predicted molar refractivity (Wildman–Crippen MR) is 128 cm³/mol. The highest BCUT2D eigenvalue weighted by Crippen LogP contribution is 2.18. The summed E-state index contributed by atoms with van der Waals surface area (Å²) in [5.74, 6) is 1.54. The Morgan fingerprint density at radius 2 is 1.94 bits per heavy atom. The van der Waals surface area contributed by atoms with Crippen molar-refractivity contribution in [1.29, 1.82) is 0 Å². The molecule has 1 aliphatic heterocycles. The molecule has 168 valence electrons. The van der Waals surface area contributed by atoms with Crippen LogP contribution in [0.5, 0.6) is 0 Å². The summed E-state index contributed by atoms with van der Waals surface area (Å²) < 4.78 is 7.92. The molecule has 1 unspecified atom stereocenters. The van der Waals surface area contributed by atoms with E-state index >= 15 is 0 Å². The zero-order valence-corrected chi connectivity index (χ0v) is 18.9. The molecular weight excluding hydrogens is 398 g/mol. The molecule has 3 aromatic rings. The SMILES string of the molecule is CCNC(=NCc1cccc(Cn2cccn2)c1)N1CCC(COCc2ccccc2)C1. The van der Waals surface area contributed by atoms with E-state index < -0.39 is 0 Å². The maximum absolute atomic E-state index is 5.98. The van der Waals surface area contributed by atoms with Gasteiger partial charge in [-0.05, 0) is 36.1 Å². The topological polar surface area (TPSA) is 54.7 Å². The van der Waals surface area contributed by atoms with Gasteiger partial charge >= 0.3 is 0 Å². The molecule has 0 bridgehead atoms. The first-order chi connectivity index (χ1) is 15.8. The van der Waals surface area contributed by atoms with E-state index in [-0.39, 0.29) is 0 Å². The van der Waals surface area contributed by atoms with Crippen LogP contribution in [0.15, 0.2) is 78.0 Å². The van der Waals surface area contributed by atoms with Crippen LogP contribution in [0, 0.1) is 5.92 Å². The van der Waals surface area contributed by atoms with Gasteiger partial charge in [0.05, 0.1) is 26.3 Å². The molecular formula is C26H33N5O. The van der Waals surface area contributed by atoms with Crippen molar-refractivity contribution in [3.05, 3.63) is 89.7 Å². The highest BCUT2D eigenvalue weighted by atomic mass is 16.5. The van der Waals surface area contributed by atoms with Crippen LogP contribution in [-0.4, -0.2) is 46.9 Å². The van der Waals surface area contributed by atoms with Gasteiger partial charge in [0, 0.05) is 37.9 Å². The third kappa shape index (κ3) is 6.44. The standard InChI is InChI=1S/C26H33N5O/c1-2-27-26(28-17-23-10-6-11-24(16-23)19-31-14-7-13-29-31)30-15-12-25(18-30)21-32-20-22-8-4-3-5-9-22/h3-11,13-14,16,25H,2,12,15,17-21H2,1H3,(H,27,28). The Morgan fingerprint density at radius 1 is 1.09 bits per heavy atom. The van der Waals surface area contributed by atoms with Crippen molar-refractivity contribution >= 4 is 5.96 Å². The third-order valence-corrected chi connectivity index (χ3v) is 5.69. The summed E-state index contributed by atoms with van der Waals surface area (Å²) in [6, 6.07) is 20.9. The minimum absolute atomic E-state index is 0.542. The lowest BCUT2D eigenvalue weighted by molar-refractivity contribution is 0.0906. The van der Waals surface area contributed by atoms with Crippen molar-refractivity contribution in [2.75, 3.05) is 26.2 Å². The Bertz CT molecular complexity index is 971. The summed E-state index contributed by atoms with van der Waals surface area (Å²) in [5.41, 5.74) is 3.68. The van der Waals surface area contributed by atoms with Gasteiger partial charge in [-0.2, -0.15) is 5.10 Å². The Kier molecular flexibility index (Phi) is 7.93. The molecule has 2 aromatic carbocycles. The summed E-state index contributed by atoms with van der Waals surface area (Å²) in [6.07, 6.45) is 4.94. The highest BCUT2D eigenvalue weighted by molar-refractivity contribution is 5.80. The van der Waals surface area contributed by atoms with E-state index in [0.29, 0.717) is 19.1 Å². The second kappa shape index (κ2) is 11.5. The lowest BCUT2D eigenvalue weighted by Crippen LogP contribution is -2.40. The van der Waals surface area contributed by atoms with Crippen molar-refractivity contribution in [3.8, 4) is 0 Å². The molecule has 1 saturated heterocycles. The Balaban J connectivity index is 1.30. The lowest BCUT2D eigenvalue weighted by Gasteiger charge is -2.22. The smallest absolute Gasteiger partial charge is 0.194 e. The maximum atomic E-state index is 5.98. The molecule has 1 N–H and O–H groups in total. The molecule has 1 atom stereocenters. The van der Waals surface area contributed by atoms with Gasteiger partial charge in [0.25, 0.3) is 0 Å². The first-order valence-corrected chi connectivity index (χ1v) is 11.5. The van der Waals surface area contributed by atoms with Crippen LogP contribution in [0.2, 0.25) is 0 Å². The van der Waals surface area contributed by atoms with Gasteiger partial charge < -0.3 is 15.0 Å². The molecule has 6 heteroatoms. The molecule has 32 heavy (non-hydrogen) atoms. The van der Waals surface area contributed by atoms with E-state index in [1.807, 2.05) is 29.2 Å². The fraction of sp³-hybridized carbons (Fsp3) is 0.385. The van der Waals surface area contributed by atoms with E-state index in [0.717, 1.165) is 45.2 Å². The number of rotatable bonds is 9. The summed E-state index contributed by atoms with van der Waals surface area (Å²) in [7, 11) is 0. The van der Waals surface area contributed by atoms with E-state index in [1.165, 1.54) is 16.7 Å². The molecule has 0 amide bonds. The summed E-state index contributed by atoms with van der Waals surface area (Å²) in [5, 5.41) is 7.77. The predicted octanol–water partition coefficient (Wildman–Crippen LogP) is 3.94. The maximum Gasteiger partial charge on any atom is 0.194 e. The van der Waals surface area contributed by atoms with Gasteiger partial charge in [-0.3, -0.25) is 4.68 Å². The average Bonchev–Trinajstić information content (AvgIpc) is 3.50. The number of hydrogen-bond donors (Lipinski definition) is 1. The van der Waals surface area contributed by atoms with Gasteiger partial charge in [-0.25, -0.2) is 4.99 Å². The number of guanidine groups is 1. The normalized spacial score (nSPS) is 16.5. The van der Waals surface area contributed by atoms with Crippen LogP contribution in [0.3, 0.4) is 0 Å². The number of aromatic nitrogens is 2. The van der Waals surface area contributed by atoms with E-state index in [4.69, 9.17) is 9.73 Å². The highest BCUT2D eigenvalue weighted by Gasteiger charge is 2.25. The van der Waals surface area contributed by atoms with Crippen molar-refractivity contribution in [3.63, 3.8) is 0 Å². The second-order valence-corrected chi connectivity index (χ2v) is 8.30. The van der Waals surface area contributed by atoms with Gasteiger partial charge in [0.15, 0.2) is 5.96 Å². The molecule has 0 spiro atoms. The number of ether oxygens (including phenoxy) is 1. The molecule has 1 fully saturated rings. The second-order valence-electron chi connectivity index (χ2n) is 8.30. The number of aliphatic imine (C=N–C) groups is 1. The third-order valence-electron chi connectivity index (χ3n) is 5.69. The zero-order chi connectivity index (χ0) is 22.0. The Hall–Kier alpha value is -3.12. The molecule has 1 aromatic heterocycles. The number of nitrogens with zero attached hydrogens (tertiary/aromatic N) is 4. The Labute approximate surface area is 190 Å². The van der Waals surface area contributed by atoms with Crippen LogP contribution in [-0.2, 0) is 24.4 Å². The van der Waals surface area contributed by atoms with E-state index in [2.05, 4.69) is 70.8 Å². The average molecular weight is 432 g/mol. The molecule has 6 nitrogen and oxygen atoms in total. The Morgan fingerprint density at radius 3 is 2.75 bits per heavy atom. The van der Waals surface area contributed by atoms with E-state index in [9.17, 15) is 0 Å². The van der Waals surface area contributed by atoms with Gasteiger partial charge in [0.1, 0.15) is 0 Å². The van der Waals surface area contributed by atoms with Crippen LogP contribution < -0.4 is 5.32 Å². The fourth-order valence-corrected chi connectivity index (χ4v) is 4.08. The van der Waals surface area contributed by atoms with Crippen LogP contribution >= 0.6 is 0 Å². The summed E-state index contributed by atoms with van der Waals surface area (Å²) >= 11 is 0. The van der Waals surface area contributed by atoms with Gasteiger partial charge in [0.2, 0.25) is 0 Å². The number of benzene rings is 2. The number of likely N-dealkylation sites (tertiary alicyclic amines) is 1. The van der Waals surface area contributed by atoms with Crippen LogP contribution in [0.25, 0.3) is 0 Å². The minimum atomic E-state index is 0.542. The summed E-state index contributed by atoms with van der Waals surface area (Å²) in [4.78, 5) is 7.30. The number of nitrogens with one attached hydrogen (secondary N) is 1. The quantitative estimate of drug-likeness (QED) is 0.412. The molecule has 0 saturated carbocycles. The lowest BCUT2D eigenvalue weighted by atomic mass is 10.1. The zero-order valence-electron chi connectivity index (χ0n) is 18.9. The van der Waals surface area contributed by atoms with Crippen molar-refractivity contribution in [2.24, 2.45) is 10.9 Å². The summed E-state index contributed by atoms with van der Waals surface area (Å²) in [6.45, 7) is 7.91. The first kappa shape index (κ1) is 22.1. The van der Waals surface area contributed by atoms with Crippen LogP contribution in [0.1, 0.15) is 30.0 Å². The van der Waals surface area contributed by atoms with Crippen molar-refractivity contribution in [1.82, 2.24) is 20.0 Å². The number of hydrogen-bond acceptors (Lipinski definition) is 3. The van der Waals surface area contributed by atoms with E-state index in [1.54, 1.807) is 0 Å². The van der Waals surface area contributed by atoms with Gasteiger partial charge in [-0.1, -0.05) is 54.6 Å². The molecule has 1 aliphatic rings.